The molecule has 1 aliphatic rings. The summed E-state index contributed by atoms with van der Waals surface area (Å²) in [6.07, 6.45) is 1.17. The molecule has 1 aliphatic heterocycles. The van der Waals surface area contributed by atoms with Crippen molar-refractivity contribution < 1.29 is 23.6 Å². The number of alkyl halides is 2. The van der Waals surface area contributed by atoms with Gasteiger partial charge in [0.15, 0.2) is 6.23 Å². The summed E-state index contributed by atoms with van der Waals surface area (Å²) < 4.78 is 33.8. The lowest BCUT2D eigenvalue weighted by Crippen LogP contribution is -2.34. The molecule has 1 saturated heterocycles. The first kappa shape index (κ1) is 15.4. The minimum atomic E-state index is -2.78. The Labute approximate surface area is 126 Å². The fourth-order valence-corrected chi connectivity index (χ4v) is 3.08. The number of hydrogen-bond donors (Lipinski definition) is 2. The Morgan fingerprint density at radius 1 is 1.41 bits per heavy atom. The van der Waals surface area contributed by atoms with Crippen molar-refractivity contribution in [2.75, 3.05) is 6.61 Å². The van der Waals surface area contributed by atoms with Gasteiger partial charge in [0.2, 0.25) is 0 Å². The largest absolute Gasteiger partial charge is 0.489 e. The zero-order valence-corrected chi connectivity index (χ0v) is 12.2. The second-order valence-electron chi connectivity index (χ2n) is 5.54. The van der Waals surface area contributed by atoms with Crippen LogP contribution in [0.4, 0.5) is 8.78 Å². The van der Waals surface area contributed by atoms with Crippen LogP contribution in [-0.2, 0) is 4.74 Å². The van der Waals surface area contributed by atoms with E-state index in [0.717, 1.165) is 19.3 Å². The summed E-state index contributed by atoms with van der Waals surface area (Å²) >= 11 is 0. The lowest BCUT2D eigenvalue weighted by atomic mass is 9.73. The first-order chi connectivity index (χ1) is 10.5. The van der Waals surface area contributed by atoms with Crippen molar-refractivity contribution in [1.29, 1.82) is 0 Å². The van der Waals surface area contributed by atoms with Crippen LogP contribution in [0, 0.1) is 6.92 Å². The number of rotatable bonds is 3. The third kappa shape index (κ3) is 2.51. The van der Waals surface area contributed by atoms with Crippen LogP contribution in [0.5, 0.6) is 0 Å². The Morgan fingerprint density at radius 3 is 2.77 bits per heavy atom. The molecule has 0 radical (unpaired) electrons. The van der Waals surface area contributed by atoms with Gasteiger partial charge in [-0.3, -0.25) is 0 Å². The van der Waals surface area contributed by atoms with E-state index in [9.17, 15) is 18.8 Å². The van der Waals surface area contributed by atoms with Gasteiger partial charge in [-0.1, -0.05) is 0 Å². The molecule has 1 aromatic heterocycles. The second-order valence-corrected chi connectivity index (χ2v) is 5.54. The molecule has 2 N–H and O–H groups in total. The number of nitrogens with zero attached hydrogens (tertiary/aromatic N) is 2. The molecule has 8 heteroatoms. The van der Waals surface area contributed by atoms with E-state index in [1.807, 2.05) is 0 Å². The molecule has 0 aliphatic carbocycles. The Morgan fingerprint density at radius 2 is 2.18 bits per heavy atom. The van der Waals surface area contributed by atoms with Gasteiger partial charge in [-0.15, -0.1) is 0 Å². The normalized spacial score (nSPS) is 19.1. The lowest BCUT2D eigenvalue weighted by molar-refractivity contribution is -0.0366. The van der Waals surface area contributed by atoms with E-state index in [4.69, 9.17) is 4.74 Å². The SMILES string of the molecule is Cc1cc2c(cnn2C2CCCCO2)c(B(O)O)c1C(F)F. The van der Waals surface area contributed by atoms with Crippen LogP contribution < -0.4 is 5.46 Å². The maximum atomic E-state index is 13.3. The van der Waals surface area contributed by atoms with Crippen molar-refractivity contribution in [2.45, 2.75) is 38.8 Å². The van der Waals surface area contributed by atoms with E-state index in [1.54, 1.807) is 10.7 Å². The van der Waals surface area contributed by atoms with Crippen LogP contribution in [0.15, 0.2) is 12.3 Å². The van der Waals surface area contributed by atoms with E-state index in [-0.39, 0.29) is 17.3 Å². The van der Waals surface area contributed by atoms with Crippen LogP contribution in [0.2, 0.25) is 0 Å². The van der Waals surface area contributed by atoms with E-state index in [1.165, 1.54) is 13.1 Å². The van der Waals surface area contributed by atoms with Crippen molar-refractivity contribution >= 4 is 23.5 Å². The molecule has 22 heavy (non-hydrogen) atoms. The Hall–Kier alpha value is -1.51. The summed E-state index contributed by atoms with van der Waals surface area (Å²) in [6.45, 7) is 2.17. The second kappa shape index (κ2) is 5.94. The highest BCUT2D eigenvalue weighted by Gasteiger charge is 2.29. The summed E-state index contributed by atoms with van der Waals surface area (Å²) in [5.41, 5.74) is 0.374. The predicted molar refractivity (Wildman–Crippen MR) is 78.1 cm³/mol. The maximum Gasteiger partial charge on any atom is 0.489 e. The van der Waals surface area contributed by atoms with E-state index >= 15 is 0 Å². The predicted octanol–water partition coefficient (Wildman–Crippen LogP) is 1.66. The van der Waals surface area contributed by atoms with Crippen molar-refractivity contribution in [3.63, 3.8) is 0 Å². The average Bonchev–Trinajstić information content (AvgIpc) is 2.89. The molecule has 2 heterocycles. The highest BCUT2D eigenvalue weighted by molar-refractivity contribution is 6.62. The third-order valence-electron chi connectivity index (χ3n) is 4.10. The highest BCUT2D eigenvalue weighted by Crippen LogP contribution is 2.30. The van der Waals surface area contributed by atoms with Crippen molar-refractivity contribution in [1.82, 2.24) is 9.78 Å². The molecule has 118 valence electrons. The Balaban J connectivity index is 2.20. The molecular weight excluding hydrogens is 293 g/mol. The lowest BCUT2D eigenvalue weighted by Gasteiger charge is -2.24. The van der Waals surface area contributed by atoms with E-state index in [2.05, 4.69) is 5.10 Å². The van der Waals surface area contributed by atoms with E-state index < -0.39 is 13.5 Å². The number of aryl methyl sites for hydroxylation is 1. The standard InChI is InChI=1S/C14H17BF2N2O3/c1-8-6-10-9(13(15(20)21)12(8)14(16)17)7-18-19(10)11-4-2-3-5-22-11/h6-7,11,14,20-21H,2-5H2,1H3. The third-order valence-corrected chi connectivity index (χ3v) is 4.10. The number of benzene rings is 1. The van der Waals surface area contributed by atoms with Gasteiger partial charge in [0, 0.05) is 23.0 Å². The quantitative estimate of drug-likeness (QED) is 0.846. The van der Waals surface area contributed by atoms with Gasteiger partial charge in [0.05, 0.1) is 11.7 Å². The van der Waals surface area contributed by atoms with Crippen LogP contribution in [0.1, 0.15) is 43.0 Å². The van der Waals surface area contributed by atoms with Crippen molar-refractivity contribution in [3.8, 4) is 0 Å². The molecule has 0 saturated carbocycles. The van der Waals surface area contributed by atoms with E-state index in [0.29, 0.717) is 23.1 Å². The number of aromatic nitrogens is 2. The fraction of sp³-hybridized carbons (Fsp3) is 0.500. The molecular formula is C14H17BF2N2O3. The molecule has 0 bridgehead atoms. The molecule has 3 rings (SSSR count). The molecule has 1 fully saturated rings. The van der Waals surface area contributed by atoms with Gasteiger partial charge >= 0.3 is 7.12 Å². The number of hydrogen-bond acceptors (Lipinski definition) is 4. The van der Waals surface area contributed by atoms with Gasteiger partial charge in [0.25, 0.3) is 6.43 Å². The number of halogens is 2. The summed E-state index contributed by atoms with van der Waals surface area (Å²) in [7, 11) is -1.98. The van der Waals surface area contributed by atoms with Crippen LogP contribution in [0.25, 0.3) is 10.9 Å². The maximum absolute atomic E-state index is 13.3. The Kier molecular flexibility index (Phi) is 4.16. The smallest absolute Gasteiger partial charge is 0.423 e. The van der Waals surface area contributed by atoms with Crippen LogP contribution in [0.3, 0.4) is 0 Å². The summed E-state index contributed by atoms with van der Waals surface area (Å²) in [6, 6.07) is 1.60. The van der Waals surface area contributed by atoms with Gasteiger partial charge in [-0.25, -0.2) is 13.5 Å². The molecule has 5 nitrogen and oxygen atoms in total. The molecule has 0 amide bonds. The minimum Gasteiger partial charge on any atom is -0.423 e. The first-order valence-electron chi connectivity index (χ1n) is 7.27. The van der Waals surface area contributed by atoms with Gasteiger partial charge in [0.1, 0.15) is 0 Å². The zero-order valence-electron chi connectivity index (χ0n) is 12.2. The van der Waals surface area contributed by atoms with Crippen molar-refractivity contribution in [2.24, 2.45) is 0 Å². The van der Waals surface area contributed by atoms with Gasteiger partial charge in [-0.05, 0) is 37.8 Å². The summed E-state index contributed by atoms with van der Waals surface area (Å²) in [5.74, 6) is 0. The summed E-state index contributed by atoms with van der Waals surface area (Å²) in [5, 5.41) is 23.7. The van der Waals surface area contributed by atoms with Gasteiger partial charge < -0.3 is 14.8 Å². The van der Waals surface area contributed by atoms with Crippen LogP contribution in [-0.4, -0.2) is 33.6 Å². The fourth-order valence-electron chi connectivity index (χ4n) is 3.08. The molecule has 1 unspecified atom stereocenters. The van der Waals surface area contributed by atoms with Crippen LogP contribution >= 0.6 is 0 Å². The topological polar surface area (TPSA) is 67.5 Å². The van der Waals surface area contributed by atoms with Crippen molar-refractivity contribution in [3.05, 3.63) is 23.4 Å². The Bertz CT molecular complexity index is 684. The highest BCUT2D eigenvalue weighted by atomic mass is 19.3. The molecule has 0 spiro atoms. The number of ether oxygens (including phenoxy) is 1. The molecule has 2 aromatic rings. The molecule has 1 aromatic carbocycles. The number of fused-ring (bicyclic) bond motifs is 1. The zero-order chi connectivity index (χ0) is 15.9. The molecule has 1 atom stereocenters. The first-order valence-corrected chi connectivity index (χ1v) is 7.27. The minimum absolute atomic E-state index is 0.174. The summed E-state index contributed by atoms with van der Waals surface area (Å²) in [4.78, 5) is 0. The van der Waals surface area contributed by atoms with Gasteiger partial charge in [-0.2, -0.15) is 5.10 Å². The monoisotopic (exact) mass is 310 g/mol. The average molecular weight is 310 g/mol.